The Morgan fingerprint density at radius 1 is 0.231 bits per heavy atom. The molecule has 1 aliphatic rings. The first kappa shape index (κ1) is 90.8. The lowest BCUT2D eigenvalue weighted by molar-refractivity contribution is 0.305. The molecule has 0 amide bonds. The van der Waals surface area contributed by atoms with Crippen LogP contribution in [0.5, 0.6) is 11.5 Å². The Kier molecular flexibility index (Phi) is 26.6. The van der Waals surface area contributed by atoms with E-state index in [1.54, 1.807) is 0 Å². The van der Waals surface area contributed by atoms with Gasteiger partial charge in [-0.05, 0) is 293 Å². The van der Waals surface area contributed by atoms with Crippen LogP contribution in [0.1, 0.15) is 207 Å². The van der Waals surface area contributed by atoms with E-state index in [1.165, 1.54) is 164 Å². The molecule has 134 heavy (non-hydrogen) atoms. The Morgan fingerprint density at radius 3 is 0.754 bits per heavy atom. The number of ether oxygens (including phenoxy) is 2. The third kappa shape index (κ3) is 20.0. The van der Waals surface area contributed by atoms with Crippen LogP contribution in [0, 0.1) is 0 Å². The largest absolute Gasteiger partial charge is 0.493 e. The zero-order chi connectivity index (χ0) is 92.8. The molecule has 0 saturated heterocycles. The fourth-order valence-electron chi connectivity index (χ4n) is 19.1. The van der Waals surface area contributed by atoms with Gasteiger partial charge in [0.25, 0.3) is 0 Å². The van der Waals surface area contributed by atoms with E-state index in [4.69, 9.17) is 24.4 Å². The van der Waals surface area contributed by atoms with E-state index < -0.39 is 0 Å². The van der Waals surface area contributed by atoms with Gasteiger partial charge in [0.1, 0.15) is 29.0 Å². The van der Waals surface area contributed by atoms with Crippen LogP contribution in [-0.4, -0.2) is 41.9 Å². The molecule has 674 valence electrons. The van der Waals surface area contributed by atoms with E-state index in [0.717, 1.165) is 126 Å². The lowest BCUT2D eigenvalue weighted by Crippen LogP contribution is -2.10. The SMILES string of the molecule is CCCCCCCCOc1cc2c(cc1-c1cc(-c3ccc(C(C)(C)C)cc3)cc(-c3ccc(C(C)(C)C)cc3)c1)Cc1cc(-c3cc(-c4ccc(C(C)(C)C)cc4)cc(-c4ccc(C(C)(C)C)cc4)c3)c(OCCCCCCCC)cc1-2.c1ccc(-n2c(-c3cc(-c4nc5ccccc5n4-c4ccccc4)cc(-c4nc5ccccc5n4-c4ccccc4)c3)nc3ccccc32)cc1. The predicted molar refractivity (Wildman–Crippen MR) is 566 cm³/mol. The first-order valence-electron chi connectivity index (χ1n) is 49.0. The van der Waals surface area contributed by atoms with Crippen molar-refractivity contribution in [1.29, 1.82) is 0 Å². The molecule has 8 heteroatoms. The standard InChI is InChI=1S/C81H98O2.C45H30N6/c1-15-17-19-21-23-25-43-82-76-54-72-66(52-74(76)64-47-60(56-27-35-68(36-28-56)78(3,4)5)45-61(48-64)57-29-37-69(38-30-57)79(6,7)8)51-67-53-75(77(55-73(67)72)83-44-26-24-22-20-18-16-2)65-49-62(58-31-39-70(40-32-58)80(9,10)11)46-63(50-65)59-33-41-71(42-34-59)81(12,13)14;1-4-16-34(17-5-1)49-40-25-13-10-22-37(40)46-43(49)31-28-32(44-47-38-23-11-14-26-41(38)50(44)35-18-6-2-7-19-35)30-33(29-31)45-48-39-24-12-15-27-42(39)51(45)36-20-8-3-9-21-36/h27-42,45-50,52-55H,15-26,43-44,51H2,1-14H3;1-30H. The van der Waals surface area contributed by atoms with E-state index in [9.17, 15) is 0 Å². The van der Waals surface area contributed by atoms with Gasteiger partial charge in [0.2, 0.25) is 0 Å². The van der Waals surface area contributed by atoms with Gasteiger partial charge in [0, 0.05) is 44.9 Å². The summed E-state index contributed by atoms with van der Waals surface area (Å²) in [6, 6.07) is 124. The quantitative estimate of drug-likeness (QED) is 0.0457. The number of para-hydroxylation sites is 9. The van der Waals surface area contributed by atoms with Crippen molar-refractivity contribution in [1.82, 2.24) is 28.7 Å². The summed E-state index contributed by atoms with van der Waals surface area (Å²) in [6.07, 6.45) is 15.4. The lowest BCUT2D eigenvalue weighted by Gasteiger charge is -2.21. The third-order valence-electron chi connectivity index (χ3n) is 26.9. The highest BCUT2D eigenvalue weighted by Crippen LogP contribution is 2.51. The third-order valence-corrected chi connectivity index (χ3v) is 26.9. The van der Waals surface area contributed by atoms with Crippen molar-refractivity contribution in [3.05, 3.63) is 373 Å². The van der Waals surface area contributed by atoms with Crippen LogP contribution >= 0.6 is 0 Å². The van der Waals surface area contributed by atoms with Crippen LogP contribution in [0.3, 0.4) is 0 Å². The second-order valence-electron chi connectivity index (χ2n) is 40.9. The number of hydrogen-bond donors (Lipinski definition) is 0. The van der Waals surface area contributed by atoms with Gasteiger partial charge in [-0.2, -0.15) is 0 Å². The lowest BCUT2D eigenvalue weighted by atomic mass is 9.85. The number of benzene rings is 15. The molecule has 0 atom stereocenters. The molecule has 0 fully saturated rings. The Hall–Kier alpha value is -13.7. The van der Waals surface area contributed by atoms with Crippen molar-refractivity contribution < 1.29 is 9.47 Å². The summed E-state index contributed by atoms with van der Waals surface area (Å²) >= 11 is 0. The van der Waals surface area contributed by atoms with Crippen LogP contribution in [-0.2, 0) is 28.1 Å². The summed E-state index contributed by atoms with van der Waals surface area (Å²) in [4.78, 5) is 15.9. The van der Waals surface area contributed by atoms with Crippen molar-refractivity contribution in [3.8, 4) is 141 Å². The molecular formula is C126H128N6O2. The molecule has 3 aromatic heterocycles. The molecule has 19 rings (SSSR count). The zero-order valence-corrected chi connectivity index (χ0v) is 80.9. The number of fused-ring (bicyclic) bond motifs is 6. The normalized spacial score (nSPS) is 12.2. The Bertz CT molecular complexity index is 6440. The number of hydrogen-bond acceptors (Lipinski definition) is 5. The molecule has 1 aliphatic carbocycles. The molecule has 3 heterocycles. The molecule has 0 N–H and O–H groups in total. The summed E-state index contributed by atoms with van der Waals surface area (Å²) in [5.74, 6) is 4.43. The molecule has 0 bridgehead atoms. The number of aromatic nitrogens is 6. The Labute approximate surface area is 794 Å². The Morgan fingerprint density at radius 2 is 0.478 bits per heavy atom. The molecule has 0 unspecified atom stereocenters. The number of nitrogens with zero attached hydrogens (tertiary/aromatic N) is 6. The van der Waals surface area contributed by atoms with Crippen molar-refractivity contribution in [3.63, 3.8) is 0 Å². The fourth-order valence-corrected chi connectivity index (χ4v) is 19.1. The Balaban J connectivity index is 0.000000199. The van der Waals surface area contributed by atoms with Crippen LogP contribution in [0.25, 0.3) is 162 Å². The summed E-state index contributed by atoms with van der Waals surface area (Å²) in [7, 11) is 0. The highest BCUT2D eigenvalue weighted by atomic mass is 16.5. The van der Waals surface area contributed by atoms with E-state index in [2.05, 4.69) is 414 Å². The molecule has 18 aromatic rings. The highest BCUT2D eigenvalue weighted by molar-refractivity contribution is 5.94. The van der Waals surface area contributed by atoms with E-state index in [-0.39, 0.29) is 21.7 Å². The topological polar surface area (TPSA) is 71.9 Å². The maximum absolute atomic E-state index is 7.11. The minimum atomic E-state index is 0.0664. The van der Waals surface area contributed by atoms with Gasteiger partial charge in [-0.3, -0.25) is 13.7 Å². The van der Waals surface area contributed by atoms with Gasteiger partial charge >= 0.3 is 0 Å². The van der Waals surface area contributed by atoms with Gasteiger partial charge < -0.3 is 9.47 Å². The van der Waals surface area contributed by atoms with Crippen molar-refractivity contribution >= 4 is 33.1 Å². The fraction of sp³-hybridized carbons (Fsp3) is 0.262. The minimum Gasteiger partial charge on any atom is -0.493 e. The average Bonchev–Trinajstić information content (AvgIpc) is 1.20. The number of rotatable bonds is 28. The minimum absolute atomic E-state index is 0.0664. The molecule has 15 aromatic carbocycles. The van der Waals surface area contributed by atoms with Crippen LogP contribution < -0.4 is 9.47 Å². The van der Waals surface area contributed by atoms with Gasteiger partial charge in [-0.15, -0.1) is 0 Å². The van der Waals surface area contributed by atoms with E-state index >= 15 is 0 Å². The summed E-state index contributed by atoms with van der Waals surface area (Å²) in [5, 5.41) is 0. The molecule has 0 radical (unpaired) electrons. The van der Waals surface area contributed by atoms with Crippen LogP contribution in [0.15, 0.2) is 340 Å². The van der Waals surface area contributed by atoms with Crippen molar-refractivity contribution in [2.75, 3.05) is 13.2 Å². The summed E-state index contributed by atoms with van der Waals surface area (Å²) in [6.45, 7) is 33.5. The van der Waals surface area contributed by atoms with E-state index in [0.29, 0.717) is 13.2 Å². The average molecular weight is 1760 g/mol. The highest BCUT2D eigenvalue weighted by Gasteiger charge is 2.30. The number of imidazole rings is 3. The van der Waals surface area contributed by atoms with Crippen molar-refractivity contribution in [2.45, 2.75) is 202 Å². The van der Waals surface area contributed by atoms with Gasteiger partial charge in [0.15, 0.2) is 0 Å². The monoisotopic (exact) mass is 1760 g/mol. The van der Waals surface area contributed by atoms with Crippen LogP contribution in [0.2, 0.25) is 0 Å². The van der Waals surface area contributed by atoms with Gasteiger partial charge in [-0.1, -0.05) is 349 Å². The maximum Gasteiger partial charge on any atom is 0.145 e. The predicted octanol–water partition coefficient (Wildman–Crippen LogP) is 34.6. The summed E-state index contributed by atoms with van der Waals surface area (Å²) in [5.41, 5.74) is 37.0. The smallest absolute Gasteiger partial charge is 0.145 e. The maximum atomic E-state index is 7.11. The van der Waals surface area contributed by atoms with Crippen LogP contribution in [0.4, 0.5) is 0 Å². The first-order valence-corrected chi connectivity index (χ1v) is 49.0. The van der Waals surface area contributed by atoms with E-state index in [1.807, 2.05) is 36.4 Å². The second kappa shape index (κ2) is 39.2. The molecule has 0 spiro atoms. The van der Waals surface area contributed by atoms with Gasteiger partial charge in [-0.25, -0.2) is 15.0 Å². The zero-order valence-electron chi connectivity index (χ0n) is 80.9. The molecule has 0 aliphatic heterocycles. The molecule has 0 saturated carbocycles. The first-order chi connectivity index (χ1) is 64.9. The molecule has 8 nitrogen and oxygen atoms in total. The van der Waals surface area contributed by atoms with Crippen molar-refractivity contribution in [2.24, 2.45) is 0 Å². The second-order valence-corrected chi connectivity index (χ2v) is 40.9. The van der Waals surface area contributed by atoms with Gasteiger partial charge in [0.05, 0.1) is 46.3 Å². The molecular weight excluding hydrogens is 1630 g/mol. The number of unbranched alkanes of at least 4 members (excludes halogenated alkanes) is 10. The summed E-state index contributed by atoms with van der Waals surface area (Å²) < 4.78 is 21.0.